The molecule has 2 rings (SSSR count). The molecule has 0 heterocycles. The van der Waals surface area contributed by atoms with Crippen molar-refractivity contribution >= 4 is 23.5 Å². The molecule has 0 saturated heterocycles. The predicted molar refractivity (Wildman–Crippen MR) is 114 cm³/mol. The Kier molecular flexibility index (Phi) is 8.12. The van der Waals surface area contributed by atoms with Crippen molar-refractivity contribution in [2.24, 2.45) is 0 Å². The molecule has 0 spiro atoms. The molecule has 168 valence electrons. The van der Waals surface area contributed by atoms with Crippen LogP contribution in [0.2, 0.25) is 5.02 Å². The molecule has 0 N–H and O–H groups in total. The van der Waals surface area contributed by atoms with Crippen LogP contribution in [0.5, 0.6) is 0 Å². The summed E-state index contributed by atoms with van der Waals surface area (Å²) in [6.45, 7) is 7.45. The molecule has 0 aromatic heterocycles. The van der Waals surface area contributed by atoms with Gasteiger partial charge in [0.05, 0.1) is 18.1 Å². The SMILES string of the molecule is CCOC(=O)C(C)c1cc(Cl)cc(-c2ccc(C(F)(F)F)cc2)c1CN(CC)C(C)=O. The van der Waals surface area contributed by atoms with Gasteiger partial charge in [-0.2, -0.15) is 13.2 Å². The van der Waals surface area contributed by atoms with E-state index in [1.165, 1.54) is 19.1 Å². The van der Waals surface area contributed by atoms with Crippen molar-refractivity contribution in [1.29, 1.82) is 0 Å². The molecule has 1 unspecified atom stereocenters. The molecule has 4 nitrogen and oxygen atoms in total. The highest BCUT2D eigenvalue weighted by molar-refractivity contribution is 6.31. The number of halogens is 4. The third-order valence-corrected chi connectivity index (χ3v) is 5.27. The molecular weight excluding hydrogens is 431 g/mol. The maximum absolute atomic E-state index is 13.0. The minimum absolute atomic E-state index is 0.162. The molecule has 0 aliphatic heterocycles. The number of alkyl halides is 3. The number of nitrogens with zero attached hydrogens (tertiary/aromatic N) is 1. The van der Waals surface area contributed by atoms with E-state index in [1.807, 2.05) is 6.92 Å². The Morgan fingerprint density at radius 2 is 1.74 bits per heavy atom. The third kappa shape index (κ3) is 6.00. The molecule has 0 saturated carbocycles. The Balaban J connectivity index is 2.68. The van der Waals surface area contributed by atoms with E-state index in [9.17, 15) is 22.8 Å². The second-order valence-electron chi connectivity index (χ2n) is 7.10. The Labute approximate surface area is 184 Å². The molecule has 2 aromatic carbocycles. The van der Waals surface area contributed by atoms with Crippen LogP contribution >= 0.6 is 11.6 Å². The maximum Gasteiger partial charge on any atom is 0.416 e. The van der Waals surface area contributed by atoms with Crippen molar-refractivity contribution in [3.8, 4) is 11.1 Å². The first-order valence-corrected chi connectivity index (χ1v) is 10.3. The van der Waals surface area contributed by atoms with Crippen molar-refractivity contribution < 1.29 is 27.5 Å². The fourth-order valence-electron chi connectivity index (χ4n) is 3.35. The van der Waals surface area contributed by atoms with Crippen molar-refractivity contribution in [3.05, 3.63) is 58.1 Å². The van der Waals surface area contributed by atoms with Gasteiger partial charge in [0, 0.05) is 25.0 Å². The van der Waals surface area contributed by atoms with E-state index in [0.717, 1.165) is 12.1 Å². The van der Waals surface area contributed by atoms with E-state index in [2.05, 4.69) is 0 Å². The van der Waals surface area contributed by atoms with Crippen molar-refractivity contribution in [1.82, 2.24) is 4.90 Å². The quantitative estimate of drug-likeness (QED) is 0.477. The Morgan fingerprint density at radius 3 is 2.23 bits per heavy atom. The lowest BCUT2D eigenvalue weighted by Crippen LogP contribution is -2.29. The van der Waals surface area contributed by atoms with Crippen LogP contribution < -0.4 is 0 Å². The van der Waals surface area contributed by atoms with Gasteiger partial charge in [-0.15, -0.1) is 0 Å². The summed E-state index contributed by atoms with van der Waals surface area (Å²) in [7, 11) is 0. The lowest BCUT2D eigenvalue weighted by Gasteiger charge is -2.25. The van der Waals surface area contributed by atoms with Gasteiger partial charge in [-0.05, 0) is 67.3 Å². The van der Waals surface area contributed by atoms with E-state index >= 15 is 0 Å². The zero-order chi connectivity index (χ0) is 23.3. The summed E-state index contributed by atoms with van der Waals surface area (Å²) in [4.78, 5) is 26.1. The van der Waals surface area contributed by atoms with Crippen LogP contribution in [0.15, 0.2) is 36.4 Å². The molecule has 0 fully saturated rings. The second kappa shape index (κ2) is 10.2. The number of amides is 1. The van der Waals surface area contributed by atoms with Gasteiger partial charge in [0.25, 0.3) is 0 Å². The first kappa shape index (κ1) is 24.7. The molecule has 1 amide bonds. The number of carbonyl (C=O) groups is 2. The zero-order valence-corrected chi connectivity index (χ0v) is 18.6. The monoisotopic (exact) mass is 455 g/mol. The van der Waals surface area contributed by atoms with Crippen LogP contribution in [0.25, 0.3) is 11.1 Å². The van der Waals surface area contributed by atoms with Gasteiger partial charge < -0.3 is 9.64 Å². The first-order valence-electron chi connectivity index (χ1n) is 9.91. The number of hydrogen-bond donors (Lipinski definition) is 0. The van der Waals surface area contributed by atoms with Crippen LogP contribution in [0, 0.1) is 0 Å². The van der Waals surface area contributed by atoms with Crippen LogP contribution in [0.4, 0.5) is 13.2 Å². The Bertz CT molecular complexity index is 942. The van der Waals surface area contributed by atoms with Crippen molar-refractivity contribution in [2.75, 3.05) is 13.2 Å². The lowest BCUT2D eigenvalue weighted by molar-refractivity contribution is -0.144. The van der Waals surface area contributed by atoms with E-state index in [0.29, 0.717) is 33.8 Å². The van der Waals surface area contributed by atoms with Gasteiger partial charge in [0.15, 0.2) is 0 Å². The largest absolute Gasteiger partial charge is 0.466 e. The maximum atomic E-state index is 13.0. The third-order valence-electron chi connectivity index (χ3n) is 5.06. The van der Waals surface area contributed by atoms with Crippen LogP contribution in [0.3, 0.4) is 0 Å². The average molecular weight is 456 g/mol. The minimum atomic E-state index is -4.45. The van der Waals surface area contributed by atoms with Crippen LogP contribution in [-0.4, -0.2) is 29.9 Å². The molecule has 0 radical (unpaired) electrons. The molecular formula is C23H25ClF3NO3. The number of ether oxygens (including phenoxy) is 1. The molecule has 2 aromatic rings. The van der Waals surface area contributed by atoms with Gasteiger partial charge in [-0.1, -0.05) is 23.7 Å². The molecule has 8 heteroatoms. The highest BCUT2D eigenvalue weighted by atomic mass is 35.5. The van der Waals surface area contributed by atoms with E-state index < -0.39 is 23.6 Å². The average Bonchev–Trinajstić information content (AvgIpc) is 2.71. The number of esters is 1. The van der Waals surface area contributed by atoms with Gasteiger partial charge in [0.1, 0.15) is 0 Å². The van der Waals surface area contributed by atoms with Crippen molar-refractivity contribution in [2.45, 2.75) is 46.3 Å². The summed E-state index contributed by atoms with van der Waals surface area (Å²) in [6, 6.07) is 7.99. The minimum Gasteiger partial charge on any atom is -0.466 e. The Hall–Kier alpha value is -2.54. The summed E-state index contributed by atoms with van der Waals surface area (Å²) >= 11 is 6.32. The normalized spacial score (nSPS) is 12.4. The molecule has 0 aliphatic carbocycles. The summed E-state index contributed by atoms with van der Waals surface area (Å²) in [5.74, 6) is -1.28. The molecule has 31 heavy (non-hydrogen) atoms. The fraction of sp³-hybridized carbons (Fsp3) is 0.391. The lowest BCUT2D eigenvalue weighted by atomic mass is 9.88. The van der Waals surface area contributed by atoms with E-state index in [4.69, 9.17) is 16.3 Å². The number of benzene rings is 2. The topological polar surface area (TPSA) is 46.6 Å². The van der Waals surface area contributed by atoms with Gasteiger partial charge >= 0.3 is 12.1 Å². The fourth-order valence-corrected chi connectivity index (χ4v) is 3.57. The van der Waals surface area contributed by atoms with E-state index in [1.54, 1.807) is 30.9 Å². The predicted octanol–water partition coefficient (Wildman–Crippen LogP) is 6.06. The summed E-state index contributed by atoms with van der Waals surface area (Å²) in [6.07, 6.45) is -4.45. The molecule has 0 aliphatic rings. The summed E-state index contributed by atoms with van der Waals surface area (Å²) in [5.41, 5.74) is 1.51. The van der Waals surface area contributed by atoms with Crippen LogP contribution in [0.1, 0.15) is 50.3 Å². The van der Waals surface area contributed by atoms with Gasteiger partial charge in [-0.3, -0.25) is 9.59 Å². The van der Waals surface area contributed by atoms with Crippen molar-refractivity contribution in [3.63, 3.8) is 0 Å². The second-order valence-corrected chi connectivity index (χ2v) is 7.54. The number of rotatable bonds is 7. The highest BCUT2D eigenvalue weighted by Gasteiger charge is 2.30. The number of carbonyl (C=O) groups excluding carboxylic acids is 2. The Morgan fingerprint density at radius 1 is 1.13 bits per heavy atom. The standard InChI is InChI=1S/C23H25ClF3NO3/c1-5-28(15(4)29)13-21-19(14(3)22(30)31-6-2)11-18(24)12-20(21)16-7-9-17(10-8-16)23(25,26)27/h7-12,14H,5-6,13H2,1-4H3. The molecule has 1 atom stereocenters. The highest BCUT2D eigenvalue weighted by Crippen LogP contribution is 2.37. The summed E-state index contributed by atoms with van der Waals surface area (Å²) < 4.78 is 44.1. The van der Waals surface area contributed by atoms with Gasteiger partial charge in [-0.25, -0.2) is 0 Å². The first-order chi connectivity index (χ1) is 14.5. The smallest absolute Gasteiger partial charge is 0.416 e. The summed E-state index contributed by atoms with van der Waals surface area (Å²) in [5, 5.41) is 0.329. The molecule has 0 bridgehead atoms. The number of hydrogen-bond acceptors (Lipinski definition) is 3. The van der Waals surface area contributed by atoms with E-state index in [-0.39, 0.29) is 19.1 Å². The van der Waals surface area contributed by atoms with Gasteiger partial charge in [0.2, 0.25) is 5.91 Å². The van der Waals surface area contributed by atoms with Crippen LogP contribution in [-0.2, 0) is 27.0 Å². The zero-order valence-electron chi connectivity index (χ0n) is 17.8.